The number of nitrogens with zero attached hydrogens (tertiary/aromatic N) is 1. The molecule has 1 fully saturated rings. The molecule has 1 aliphatic heterocycles. The third kappa shape index (κ3) is 4.17. The molecular formula is C19H17Cl2FN2O2. The molecule has 1 atom stereocenters. The predicted molar refractivity (Wildman–Crippen MR) is 100 cm³/mol. The van der Waals surface area contributed by atoms with Gasteiger partial charge in [-0.3, -0.25) is 9.59 Å². The Kier molecular flexibility index (Phi) is 5.79. The third-order valence-electron chi connectivity index (χ3n) is 4.38. The molecule has 136 valence electrons. The lowest BCUT2D eigenvalue weighted by Crippen LogP contribution is -2.43. The molecule has 1 N–H and O–H groups in total. The monoisotopic (exact) mass is 394 g/mol. The number of piperidine rings is 1. The third-order valence-corrected chi connectivity index (χ3v) is 5.20. The van der Waals surface area contributed by atoms with Gasteiger partial charge in [0, 0.05) is 18.7 Å². The van der Waals surface area contributed by atoms with Gasteiger partial charge in [0.2, 0.25) is 5.91 Å². The number of halogens is 3. The van der Waals surface area contributed by atoms with Crippen LogP contribution < -0.4 is 5.32 Å². The molecule has 0 aliphatic carbocycles. The number of rotatable bonds is 3. The smallest absolute Gasteiger partial charge is 0.253 e. The normalized spacial score (nSPS) is 17.0. The topological polar surface area (TPSA) is 49.4 Å². The fraction of sp³-hybridized carbons (Fsp3) is 0.263. The van der Waals surface area contributed by atoms with Gasteiger partial charge in [0.25, 0.3) is 5.91 Å². The molecule has 4 nitrogen and oxygen atoms in total. The lowest BCUT2D eigenvalue weighted by molar-refractivity contribution is -0.121. The number of anilines is 1. The molecule has 26 heavy (non-hydrogen) atoms. The molecule has 0 bridgehead atoms. The maximum absolute atomic E-state index is 13.0. The zero-order chi connectivity index (χ0) is 18.7. The van der Waals surface area contributed by atoms with E-state index in [4.69, 9.17) is 23.2 Å². The summed E-state index contributed by atoms with van der Waals surface area (Å²) in [5.41, 5.74) is 0.858. The highest BCUT2D eigenvalue weighted by atomic mass is 35.5. The van der Waals surface area contributed by atoms with E-state index in [-0.39, 0.29) is 22.8 Å². The first kappa shape index (κ1) is 18.7. The van der Waals surface area contributed by atoms with E-state index in [9.17, 15) is 14.0 Å². The van der Waals surface area contributed by atoms with E-state index in [2.05, 4.69) is 5.32 Å². The number of amides is 2. The summed E-state index contributed by atoms with van der Waals surface area (Å²) >= 11 is 12.1. The predicted octanol–water partition coefficient (Wildman–Crippen LogP) is 4.62. The number of likely N-dealkylation sites (tertiary alicyclic amines) is 1. The van der Waals surface area contributed by atoms with Crippen molar-refractivity contribution in [2.75, 3.05) is 18.4 Å². The minimum atomic E-state index is -0.393. The van der Waals surface area contributed by atoms with Crippen molar-refractivity contribution in [2.24, 2.45) is 5.92 Å². The molecule has 0 saturated carbocycles. The summed E-state index contributed by atoms with van der Waals surface area (Å²) in [6.07, 6.45) is 1.39. The van der Waals surface area contributed by atoms with Gasteiger partial charge in [0.05, 0.1) is 21.7 Å². The summed E-state index contributed by atoms with van der Waals surface area (Å²) in [7, 11) is 0. The van der Waals surface area contributed by atoms with E-state index >= 15 is 0 Å². The van der Waals surface area contributed by atoms with Crippen molar-refractivity contribution >= 4 is 40.7 Å². The summed E-state index contributed by atoms with van der Waals surface area (Å²) in [5, 5.41) is 3.44. The van der Waals surface area contributed by atoms with Crippen molar-refractivity contribution in [3.8, 4) is 0 Å². The molecule has 2 amide bonds. The van der Waals surface area contributed by atoms with Crippen molar-refractivity contribution in [3.05, 3.63) is 63.9 Å². The fourth-order valence-corrected chi connectivity index (χ4v) is 3.33. The van der Waals surface area contributed by atoms with Crippen LogP contribution in [-0.4, -0.2) is 29.8 Å². The minimum Gasteiger partial charge on any atom is -0.338 e. The molecule has 7 heteroatoms. The van der Waals surface area contributed by atoms with Crippen LogP contribution in [0.5, 0.6) is 0 Å². The van der Waals surface area contributed by atoms with Crippen LogP contribution in [0.3, 0.4) is 0 Å². The van der Waals surface area contributed by atoms with Crippen molar-refractivity contribution in [2.45, 2.75) is 12.8 Å². The highest BCUT2D eigenvalue weighted by Crippen LogP contribution is 2.30. The maximum Gasteiger partial charge on any atom is 0.253 e. The van der Waals surface area contributed by atoms with Gasteiger partial charge in [0.1, 0.15) is 5.82 Å². The average Bonchev–Trinajstić information content (AvgIpc) is 2.65. The summed E-state index contributed by atoms with van der Waals surface area (Å²) in [6, 6.07) is 10.4. The Morgan fingerprint density at radius 2 is 1.85 bits per heavy atom. The molecular weight excluding hydrogens is 378 g/mol. The van der Waals surface area contributed by atoms with Gasteiger partial charge in [-0.15, -0.1) is 0 Å². The number of benzene rings is 2. The number of carbonyl (C=O) groups excluding carboxylic acids is 2. The Hall–Kier alpha value is -2.11. The molecule has 0 radical (unpaired) electrons. The SMILES string of the molecule is O=C(Nc1cccc(Cl)c1Cl)C1CCCN(C(=O)c2ccc(F)cc2)C1. The first-order chi connectivity index (χ1) is 12.5. The second-order valence-electron chi connectivity index (χ2n) is 6.19. The zero-order valence-electron chi connectivity index (χ0n) is 13.8. The van der Waals surface area contributed by atoms with E-state index in [1.54, 1.807) is 23.1 Å². The number of carbonyl (C=O) groups is 2. The molecule has 1 aliphatic rings. The van der Waals surface area contributed by atoms with Gasteiger partial charge in [0.15, 0.2) is 0 Å². The molecule has 1 heterocycles. The average molecular weight is 395 g/mol. The van der Waals surface area contributed by atoms with Gasteiger partial charge in [-0.1, -0.05) is 29.3 Å². The molecule has 1 saturated heterocycles. The lowest BCUT2D eigenvalue weighted by atomic mass is 9.96. The Bertz CT molecular complexity index is 827. The zero-order valence-corrected chi connectivity index (χ0v) is 15.4. The van der Waals surface area contributed by atoms with Crippen LogP contribution in [0.4, 0.5) is 10.1 Å². The van der Waals surface area contributed by atoms with Crippen LogP contribution >= 0.6 is 23.2 Å². The quantitative estimate of drug-likeness (QED) is 0.825. The van der Waals surface area contributed by atoms with Gasteiger partial charge >= 0.3 is 0 Å². The summed E-state index contributed by atoms with van der Waals surface area (Å²) in [6.45, 7) is 0.873. The Labute approximate surface area is 160 Å². The highest BCUT2D eigenvalue weighted by Gasteiger charge is 2.29. The van der Waals surface area contributed by atoms with Gasteiger partial charge in [-0.05, 0) is 49.2 Å². The minimum absolute atomic E-state index is 0.203. The Morgan fingerprint density at radius 1 is 1.12 bits per heavy atom. The summed E-state index contributed by atoms with van der Waals surface area (Å²) in [5.74, 6) is -1.15. The molecule has 1 unspecified atom stereocenters. The van der Waals surface area contributed by atoms with Gasteiger partial charge < -0.3 is 10.2 Å². The van der Waals surface area contributed by atoms with Crippen LogP contribution in [0.2, 0.25) is 10.0 Å². The largest absolute Gasteiger partial charge is 0.338 e. The molecule has 0 spiro atoms. The standard InChI is InChI=1S/C19H17Cl2FN2O2/c20-15-4-1-5-16(17(15)21)23-18(25)13-3-2-10-24(11-13)19(26)12-6-8-14(22)9-7-12/h1,4-9,13H,2-3,10-11H2,(H,23,25). The molecule has 2 aromatic carbocycles. The molecule has 0 aromatic heterocycles. The van der Waals surface area contributed by atoms with Crippen LogP contribution in [0.15, 0.2) is 42.5 Å². The van der Waals surface area contributed by atoms with Crippen LogP contribution in [-0.2, 0) is 4.79 Å². The highest BCUT2D eigenvalue weighted by molar-refractivity contribution is 6.44. The van der Waals surface area contributed by atoms with Gasteiger partial charge in [-0.2, -0.15) is 0 Å². The second-order valence-corrected chi connectivity index (χ2v) is 6.97. The van der Waals surface area contributed by atoms with Crippen LogP contribution in [0.1, 0.15) is 23.2 Å². The van der Waals surface area contributed by atoms with E-state index in [1.807, 2.05) is 0 Å². The van der Waals surface area contributed by atoms with E-state index in [1.165, 1.54) is 24.3 Å². The number of hydrogen-bond donors (Lipinski definition) is 1. The van der Waals surface area contributed by atoms with Crippen molar-refractivity contribution in [3.63, 3.8) is 0 Å². The summed E-state index contributed by atoms with van der Waals surface area (Å²) < 4.78 is 13.0. The Morgan fingerprint density at radius 3 is 2.58 bits per heavy atom. The summed E-state index contributed by atoms with van der Waals surface area (Å²) in [4.78, 5) is 26.8. The van der Waals surface area contributed by atoms with E-state index < -0.39 is 5.82 Å². The van der Waals surface area contributed by atoms with Crippen LogP contribution in [0.25, 0.3) is 0 Å². The fourth-order valence-electron chi connectivity index (χ4n) is 2.99. The van der Waals surface area contributed by atoms with Crippen molar-refractivity contribution in [1.82, 2.24) is 4.90 Å². The molecule has 2 aromatic rings. The first-order valence-corrected chi connectivity index (χ1v) is 9.01. The molecule has 3 rings (SSSR count). The van der Waals surface area contributed by atoms with Crippen LogP contribution in [0, 0.1) is 11.7 Å². The van der Waals surface area contributed by atoms with E-state index in [0.29, 0.717) is 42.2 Å². The van der Waals surface area contributed by atoms with Crippen molar-refractivity contribution in [1.29, 1.82) is 0 Å². The van der Waals surface area contributed by atoms with Crippen molar-refractivity contribution < 1.29 is 14.0 Å². The second kappa shape index (κ2) is 8.06. The lowest BCUT2D eigenvalue weighted by Gasteiger charge is -2.32. The first-order valence-electron chi connectivity index (χ1n) is 8.25. The van der Waals surface area contributed by atoms with E-state index in [0.717, 1.165) is 0 Å². The number of hydrogen-bond acceptors (Lipinski definition) is 2. The Balaban J connectivity index is 1.67. The van der Waals surface area contributed by atoms with Gasteiger partial charge in [-0.25, -0.2) is 4.39 Å². The maximum atomic E-state index is 13.0. The number of nitrogens with one attached hydrogen (secondary N) is 1.